The quantitative estimate of drug-likeness (QED) is 0.0762. The van der Waals surface area contributed by atoms with E-state index < -0.39 is 48.3 Å². The van der Waals surface area contributed by atoms with Crippen LogP contribution in [0.2, 0.25) is 0 Å². The van der Waals surface area contributed by atoms with Crippen molar-refractivity contribution in [1.29, 1.82) is 0 Å². The average molecular weight is 417 g/mol. The average Bonchev–Trinajstić information content (AvgIpc) is 2.62. The molecule has 0 aromatic heterocycles. The summed E-state index contributed by atoms with van der Waals surface area (Å²) in [5.41, 5.74) is 21.5. The molecular weight excluding hydrogens is 386 g/mol. The van der Waals surface area contributed by atoms with Crippen LogP contribution in [0.15, 0.2) is 4.99 Å². The molecule has 13 nitrogen and oxygen atoms in total. The van der Waals surface area contributed by atoms with Gasteiger partial charge in [-0.2, -0.15) is 0 Å². The van der Waals surface area contributed by atoms with Gasteiger partial charge in [-0.25, -0.2) is 4.79 Å². The molecule has 12 N–H and O–H groups in total. The highest BCUT2D eigenvalue weighted by molar-refractivity contribution is 5.93. The molecule has 0 saturated carbocycles. The molecule has 166 valence electrons. The Hall–Kier alpha value is -2.93. The smallest absolute Gasteiger partial charge is 0.326 e. The van der Waals surface area contributed by atoms with Crippen LogP contribution < -0.4 is 33.6 Å². The summed E-state index contributed by atoms with van der Waals surface area (Å²) in [4.78, 5) is 50.6. The van der Waals surface area contributed by atoms with E-state index in [2.05, 4.69) is 15.6 Å². The number of nitrogens with one attached hydrogen (secondary N) is 2. The molecule has 0 aliphatic rings. The van der Waals surface area contributed by atoms with E-state index in [1.54, 1.807) is 0 Å². The van der Waals surface area contributed by atoms with Gasteiger partial charge >= 0.3 is 11.9 Å². The van der Waals surface area contributed by atoms with Gasteiger partial charge in [-0.1, -0.05) is 6.42 Å². The lowest BCUT2D eigenvalue weighted by Crippen LogP contribution is -2.55. The number of carboxylic acids is 2. The van der Waals surface area contributed by atoms with Gasteiger partial charge in [-0.3, -0.25) is 19.4 Å². The molecule has 2 amide bonds. The number of carbonyl (C=O) groups is 4. The number of amides is 2. The standard InChI is InChI=1S/C16H31N7O6/c17-6-2-1-4-9(18)13(26)23-11(8-12(24)25)14(27)22-10(15(28)29)5-3-7-21-16(19)20/h9-11H,1-8,17-18H2,(H,22,27)(H,23,26)(H,24,25)(H,28,29)(H4,19,20,21). The zero-order chi connectivity index (χ0) is 22.4. The highest BCUT2D eigenvalue weighted by Gasteiger charge is 2.29. The largest absolute Gasteiger partial charge is 0.481 e. The van der Waals surface area contributed by atoms with Crippen molar-refractivity contribution in [1.82, 2.24) is 10.6 Å². The lowest BCUT2D eigenvalue weighted by atomic mass is 10.1. The Morgan fingerprint density at radius 1 is 0.897 bits per heavy atom. The van der Waals surface area contributed by atoms with Crippen LogP contribution in [0.25, 0.3) is 0 Å². The Labute approximate surface area is 168 Å². The zero-order valence-corrected chi connectivity index (χ0v) is 16.2. The van der Waals surface area contributed by atoms with Crippen LogP contribution in [-0.4, -0.2) is 71.1 Å². The Balaban J connectivity index is 4.93. The van der Waals surface area contributed by atoms with Crippen LogP contribution in [0.4, 0.5) is 0 Å². The first-order chi connectivity index (χ1) is 13.6. The van der Waals surface area contributed by atoms with Crippen LogP contribution in [0, 0.1) is 0 Å². The summed E-state index contributed by atoms with van der Waals surface area (Å²) in [5.74, 6) is -4.45. The first-order valence-corrected chi connectivity index (χ1v) is 9.14. The fourth-order valence-corrected chi connectivity index (χ4v) is 2.34. The third-order valence-electron chi connectivity index (χ3n) is 3.88. The van der Waals surface area contributed by atoms with Crippen molar-refractivity contribution < 1.29 is 29.4 Å². The van der Waals surface area contributed by atoms with E-state index in [1.165, 1.54) is 0 Å². The number of rotatable bonds is 15. The fraction of sp³-hybridized carbons (Fsp3) is 0.688. The number of nitrogens with zero attached hydrogens (tertiary/aromatic N) is 1. The molecular formula is C16H31N7O6. The minimum atomic E-state index is -1.47. The van der Waals surface area contributed by atoms with E-state index >= 15 is 0 Å². The van der Waals surface area contributed by atoms with E-state index in [0.717, 1.165) is 0 Å². The van der Waals surface area contributed by atoms with Crippen molar-refractivity contribution in [2.75, 3.05) is 13.1 Å². The Bertz CT molecular complexity index is 594. The minimum absolute atomic E-state index is 0.00416. The topological polar surface area (TPSA) is 249 Å². The predicted octanol–water partition coefficient (Wildman–Crippen LogP) is -2.97. The maximum Gasteiger partial charge on any atom is 0.326 e. The Morgan fingerprint density at radius 2 is 1.52 bits per heavy atom. The van der Waals surface area contributed by atoms with E-state index in [9.17, 15) is 24.3 Å². The maximum atomic E-state index is 12.4. The van der Waals surface area contributed by atoms with E-state index in [-0.39, 0.29) is 25.3 Å². The lowest BCUT2D eigenvalue weighted by molar-refractivity contribution is -0.143. The van der Waals surface area contributed by atoms with Crippen LogP contribution in [0.1, 0.15) is 38.5 Å². The Morgan fingerprint density at radius 3 is 2.03 bits per heavy atom. The molecule has 0 bridgehead atoms. The van der Waals surface area contributed by atoms with Gasteiger partial charge in [0.05, 0.1) is 12.5 Å². The van der Waals surface area contributed by atoms with Gasteiger partial charge in [0.25, 0.3) is 0 Å². The van der Waals surface area contributed by atoms with Gasteiger partial charge < -0.3 is 43.8 Å². The van der Waals surface area contributed by atoms with Crippen LogP contribution in [0.3, 0.4) is 0 Å². The second-order valence-electron chi connectivity index (χ2n) is 6.40. The number of hydrogen-bond acceptors (Lipinski definition) is 7. The molecule has 0 aromatic carbocycles. The molecule has 0 aromatic rings. The molecule has 0 radical (unpaired) electrons. The van der Waals surface area contributed by atoms with Crippen molar-refractivity contribution in [2.24, 2.45) is 27.9 Å². The number of unbranched alkanes of at least 4 members (excludes halogenated alkanes) is 1. The van der Waals surface area contributed by atoms with Gasteiger partial charge in [0, 0.05) is 6.54 Å². The van der Waals surface area contributed by atoms with Crippen LogP contribution >= 0.6 is 0 Å². The lowest BCUT2D eigenvalue weighted by Gasteiger charge is -2.22. The zero-order valence-electron chi connectivity index (χ0n) is 16.2. The van der Waals surface area contributed by atoms with E-state index in [4.69, 9.17) is 28.0 Å². The summed E-state index contributed by atoms with van der Waals surface area (Å²) in [6.45, 7) is 0.604. The highest BCUT2D eigenvalue weighted by Crippen LogP contribution is 2.03. The number of aliphatic imine (C=N–C) groups is 1. The number of carbonyl (C=O) groups excluding carboxylic acids is 2. The second kappa shape index (κ2) is 14.1. The summed E-state index contributed by atoms with van der Waals surface area (Å²) >= 11 is 0. The fourth-order valence-electron chi connectivity index (χ4n) is 2.34. The highest BCUT2D eigenvalue weighted by atomic mass is 16.4. The third kappa shape index (κ3) is 12.2. The van der Waals surface area contributed by atoms with Crippen molar-refractivity contribution >= 4 is 29.7 Å². The van der Waals surface area contributed by atoms with Gasteiger partial charge in [0.2, 0.25) is 11.8 Å². The number of hydrogen-bond donors (Lipinski definition) is 8. The van der Waals surface area contributed by atoms with Gasteiger partial charge in [0.15, 0.2) is 5.96 Å². The van der Waals surface area contributed by atoms with Crippen molar-refractivity contribution in [2.45, 2.75) is 56.7 Å². The Kier molecular flexibility index (Phi) is 12.7. The first-order valence-electron chi connectivity index (χ1n) is 9.14. The molecule has 13 heteroatoms. The minimum Gasteiger partial charge on any atom is -0.481 e. The molecule has 0 fully saturated rings. The number of guanidine groups is 1. The summed E-state index contributed by atoms with van der Waals surface area (Å²) in [6.07, 6.45) is 1.11. The molecule has 0 heterocycles. The summed E-state index contributed by atoms with van der Waals surface area (Å²) < 4.78 is 0. The third-order valence-corrected chi connectivity index (χ3v) is 3.88. The SMILES string of the molecule is NCCCCC(N)C(=O)NC(CC(=O)O)C(=O)NC(CCCN=C(N)N)C(=O)O. The van der Waals surface area contributed by atoms with Gasteiger partial charge in [-0.05, 0) is 32.2 Å². The monoisotopic (exact) mass is 417 g/mol. The summed E-state index contributed by atoms with van der Waals surface area (Å²) in [7, 11) is 0. The van der Waals surface area contributed by atoms with Gasteiger partial charge in [-0.15, -0.1) is 0 Å². The molecule has 0 aliphatic carbocycles. The number of aliphatic carboxylic acids is 2. The predicted molar refractivity (Wildman–Crippen MR) is 105 cm³/mol. The second-order valence-corrected chi connectivity index (χ2v) is 6.40. The van der Waals surface area contributed by atoms with Crippen LogP contribution in [0.5, 0.6) is 0 Å². The number of carboxylic acid groups (broad SMARTS) is 2. The molecule has 29 heavy (non-hydrogen) atoms. The van der Waals surface area contributed by atoms with Crippen molar-refractivity contribution in [3.8, 4) is 0 Å². The van der Waals surface area contributed by atoms with Crippen molar-refractivity contribution in [3.63, 3.8) is 0 Å². The summed E-state index contributed by atoms with van der Waals surface area (Å²) in [5, 5.41) is 22.7. The summed E-state index contributed by atoms with van der Waals surface area (Å²) in [6, 6.07) is -3.72. The molecule has 0 rings (SSSR count). The van der Waals surface area contributed by atoms with E-state index in [1.807, 2.05) is 0 Å². The number of nitrogens with two attached hydrogens (primary N) is 4. The molecule has 0 aliphatic heterocycles. The normalized spacial score (nSPS) is 13.6. The molecule has 3 unspecified atom stereocenters. The molecule has 0 spiro atoms. The van der Waals surface area contributed by atoms with E-state index in [0.29, 0.717) is 25.8 Å². The van der Waals surface area contributed by atoms with Crippen molar-refractivity contribution in [3.05, 3.63) is 0 Å². The first kappa shape index (κ1) is 26.1. The molecule has 0 saturated heterocycles. The van der Waals surface area contributed by atoms with Crippen LogP contribution in [-0.2, 0) is 19.2 Å². The molecule has 3 atom stereocenters. The maximum absolute atomic E-state index is 12.4. The van der Waals surface area contributed by atoms with Gasteiger partial charge in [0.1, 0.15) is 12.1 Å².